The molecule has 0 radical (unpaired) electrons. The van der Waals surface area contributed by atoms with Gasteiger partial charge in [0.05, 0.1) is 0 Å². The van der Waals surface area contributed by atoms with Crippen molar-refractivity contribution in [1.82, 2.24) is 10.3 Å². The predicted molar refractivity (Wildman–Crippen MR) is 133 cm³/mol. The highest BCUT2D eigenvalue weighted by molar-refractivity contribution is 6.30. The van der Waals surface area contributed by atoms with Gasteiger partial charge in [0.25, 0.3) is 5.91 Å². The van der Waals surface area contributed by atoms with E-state index in [1.807, 2.05) is 0 Å². The lowest BCUT2D eigenvalue weighted by Crippen LogP contribution is -2.47. The Labute approximate surface area is 209 Å². The van der Waals surface area contributed by atoms with Crippen LogP contribution in [-0.4, -0.2) is 29.6 Å². The Balaban J connectivity index is 1.60. The predicted octanol–water partition coefficient (Wildman–Crippen LogP) is 5.30. The Kier molecular flexibility index (Phi) is 6.86. The summed E-state index contributed by atoms with van der Waals surface area (Å²) in [5.41, 5.74) is 1.38. The Morgan fingerprint density at radius 3 is 2.49 bits per heavy atom. The third-order valence-electron chi connectivity index (χ3n) is 6.38. The van der Waals surface area contributed by atoms with Crippen LogP contribution >= 0.6 is 11.6 Å². The highest BCUT2D eigenvalue weighted by atomic mass is 35.5. The SMILES string of the molecule is O=C(NC1CCCCC1)[C@@H](c1ccc(Cl)cc1)N(C(=O)c1ccccn1)c1ccc2c(c1)OCO2. The summed E-state index contributed by atoms with van der Waals surface area (Å²) in [6, 6.07) is 16.5. The van der Waals surface area contributed by atoms with Crippen molar-refractivity contribution in [3.63, 3.8) is 0 Å². The number of halogens is 1. The number of rotatable bonds is 6. The molecule has 5 rings (SSSR count). The van der Waals surface area contributed by atoms with E-state index in [2.05, 4.69) is 10.3 Å². The molecule has 0 unspecified atom stereocenters. The van der Waals surface area contributed by atoms with Crippen LogP contribution in [0.1, 0.15) is 54.2 Å². The summed E-state index contributed by atoms with van der Waals surface area (Å²) in [6.07, 6.45) is 6.75. The topological polar surface area (TPSA) is 80.8 Å². The van der Waals surface area contributed by atoms with E-state index in [1.165, 1.54) is 11.3 Å². The van der Waals surface area contributed by atoms with E-state index in [0.717, 1.165) is 25.7 Å². The molecule has 2 heterocycles. The van der Waals surface area contributed by atoms with Crippen molar-refractivity contribution in [2.45, 2.75) is 44.2 Å². The minimum absolute atomic E-state index is 0.0783. The van der Waals surface area contributed by atoms with Crippen molar-refractivity contribution in [3.05, 3.63) is 83.1 Å². The van der Waals surface area contributed by atoms with Gasteiger partial charge in [-0.1, -0.05) is 49.1 Å². The summed E-state index contributed by atoms with van der Waals surface area (Å²) in [6.45, 7) is 0.107. The lowest BCUT2D eigenvalue weighted by molar-refractivity contribution is -0.123. The fourth-order valence-corrected chi connectivity index (χ4v) is 4.75. The van der Waals surface area contributed by atoms with Gasteiger partial charge in [-0.2, -0.15) is 0 Å². The van der Waals surface area contributed by atoms with Gasteiger partial charge in [0.1, 0.15) is 11.7 Å². The molecule has 180 valence electrons. The zero-order valence-electron chi connectivity index (χ0n) is 19.2. The molecule has 1 fully saturated rings. The van der Waals surface area contributed by atoms with Crippen LogP contribution < -0.4 is 19.7 Å². The molecule has 1 N–H and O–H groups in total. The Morgan fingerprint density at radius 1 is 0.971 bits per heavy atom. The molecule has 7 nitrogen and oxygen atoms in total. The molecule has 0 spiro atoms. The fourth-order valence-electron chi connectivity index (χ4n) is 4.62. The maximum atomic E-state index is 13.9. The van der Waals surface area contributed by atoms with E-state index in [1.54, 1.807) is 66.9 Å². The van der Waals surface area contributed by atoms with Gasteiger partial charge in [-0.15, -0.1) is 0 Å². The van der Waals surface area contributed by atoms with Crippen LogP contribution in [0.2, 0.25) is 5.02 Å². The van der Waals surface area contributed by atoms with Gasteiger partial charge < -0.3 is 14.8 Å². The number of hydrogen-bond acceptors (Lipinski definition) is 5. The molecular weight excluding hydrogens is 466 g/mol. The summed E-state index contributed by atoms with van der Waals surface area (Å²) in [5, 5.41) is 3.75. The number of fused-ring (bicyclic) bond motifs is 1. The number of pyridine rings is 1. The summed E-state index contributed by atoms with van der Waals surface area (Å²) >= 11 is 6.15. The first-order valence-electron chi connectivity index (χ1n) is 11.8. The molecule has 2 aliphatic rings. The molecule has 35 heavy (non-hydrogen) atoms. The van der Waals surface area contributed by atoms with E-state index < -0.39 is 11.9 Å². The second-order valence-corrected chi connectivity index (χ2v) is 9.16. The van der Waals surface area contributed by atoms with E-state index in [9.17, 15) is 9.59 Å². The van der Waals surface area contributed by atoms with Gasteiger partial charge in [0.15, 0.2) is 11.5 Å². The van der Waals surface area contributed by atoms with Crippen LogP contribution in [0.4, 0.5) is 5.69 Å². The van der Waals surface area contributed by atoms with Gasteiger partial charge in [0.2, 0.25) is 12.7 Å². The fraction of sp³-hybridized carbons (Fsp3) is 0.296. The smallest absolute Gasteiger partial charge is 0.277 e. The number of amides is 2. The van der Waals surface area contributed by atoms with E-state index in [4.69, 9.17) is 21.1 Å². The van der Waals surface area contributed by atoms with E-state index in [0.29, 0.717) is 27.8 Å². The molecule has 0 bridgehead atoms. The molecule has 8 heteroatoms. The molecule has 1 aromatic heterocycles. The van der Waals surface area contributed by atoms with Gasteiger partial charge in [-0.05, 0) is 54.8 Å². The zero-order chi connectivity index (χ0) is 24.2. The van der Waals surface area contributed by atoms with Crippen molar-refractivity contribution in [2.75, 3.05) is 11.7 Å². The molecule has 1 saturated carbocycles. The Hall–Kier alpha value is -3.58. The van der Waals surface area contributed by atoms with Crippen molar-refractivity contribution in [1.29, 1.82) is 0 Å². The van der Waals surface area contributed by atoms with Crippen LogP contribution in [0.15, 0.2) is 66.9 Å². The number of benzene rings is 2. The number of anilines is 1. The molecule has 0 saturated heterocycles. The lowest BCUT2D eigenvalue weighted by Gasteiger charge is -2.33. The molecular formula is C27H26ClN3O4. The third kappa shape index (κ3) is 5.10. The maximum Gasteiger partial charge on any atom is 0.277 e. The molecule has 2 aromatic carbocycles. The molecule has 1 aliphatic carbocycles. The van der Waals surface area contributed by atoms with Crippen molar-refractivity contribution < 1.29 is 19.1 Å². The third-order valence-corrected chi connectivity index (χ3v) is 6.63. The standard InChI is InChI=1S/C27H26ClN3O4/c28-19-11-9-18(10-12-19)25(26(32)30-20-6-2-1-3-7-20)31(27(33)22-8-4-5-15-29-22)21-13-14-23-24(16-21)35-17-34-23/h4-5,8-16,20,25H,1-3,6-7,17H2,(H,30,32)/t25-/m1/s1. The first-order valence-corrected chi connectivity index (χ1v) is 12.2. The second-order valence-electron chi connectivity index (χ2n) is 8.73. The Morgan fingerprint density at radius 2 is 1.74 bits per heavy atom. The van der Waals surface area contributed by atoms with Crippen LogP contribution in [-0.2, 0) is 4.79 Å². The number of carbonyl (C=O) groups is 2. The highest BCUT2D eigenvalue weighted by Gasteiger charge is 2.36. The normalized spacial score (nSPS) is 15.9. The van der Waals surface area contributed by atoms with Gasteiger partial charge in [0, 0.05) is 29.0 Å². The number of ether oxygens (including phenoxy) is 2. The number of aromatic nitrogens is 1. The number of nitrogens with zero attached hydrogens (tertiary/aromatic N) is 2. The van der Waals surface area contributed by atoms with Crippen LogP contribution in [0.25, 0.3) is 0 Å². The van der Waals surface area contributed by atoms with Crippen molar-refractivity contribution in [3.8, 4) is 11.5 Å². The molecule has 3 aromatic rings. The molecule has 1 aliphatic heterocycles. The second kappa shape index (κ2) is 10.4. The maximum absolute atomic E-state index is 13.9. The van der Waals surface area contributed by atoms with E-state index >= 15 is 0 Å². The largest absolute Gasteiger partial charge is 0.454 e. The zero-order valence-corrected chi connectivity index (χ0v) is 19.9. The quantitative estimate of drug-likeness (QED) is 0.506. The lowest BCUT2D eigenvalue weighted by atomic mass is 9.94. The van der Waals surface area contributed by atoms with Gasteiger partial charge >= 0.3 is 0 Å². The minimum Gasteiger partial charge on any atom is -0.454 e. The molecule has 2 amide bonds. The summed E-state index contributed by atoms with van der Waals surface area (Å²) in [7, 11) is 0. The average molecular weight is 492 g/mol. The summed E-state index contributed by atoms with van der Waals surface area (Å²) in [4.78, 5) is 33.5. The first-order chi connectivity index (χ1) is 17.1. The number of nitrogens with one attached hydrogen (secondary N) is 1. The average Bonchev–Trinajstić information content (AvgIpc) is 3.37. The summed E-state index contributed by atoms with van der Waals surface area (Å²) in [5.74, 6) is 0.460. The minimum atomic E-state index is -0.941. The number of hydrogen-bond donors (Lipinski definition) is 1. The Bertz CT molecular complexity index is 1200. The van der Waals surface area contributed by atoms with Crippen molar-refractivity contribution >= 4 is 29.1 Å². The van der Waals surface area contributed by atoms with Crippen LogP contribution in [0, 0.1) is 0 Å². The highest BCUT2D eigenvalue weighted by Crippen LogP contribution is 2.39. The van der Waals surface area contributed by atoms with Gasteiger partial charge in [-0.3, -0.25) is 19.5 Å². The first kappa shape index (κ1) is 23.2. The number of carbonyl (C=O) groups excluding carboxylic acids is 2. The summed E-state index contributed by atoms with van der Waals surface area (Å²) < 4.78 is 11.0. The van der Waals surface area contributed by atoms with E-state index in [-0.39, 0.29) is 24.4 Å². The van der Waals surface area contributed by atoms with Crippen LogP contribution in [0.3, 0.4) is 0 Å². The monoisotopic (exact) mass is 491 g/mol. The van der Waals surface area contributed by atoms with Crippen LogP contribution in [0.5, 0.6) is 11.5 Å². The van der Waals surface area contributed by atoms with Gasteiger partial charge in [-0.25, -0.2) is 0 Å². The van der Waals surface area contributed by atoms with Crippen molar-refractivity contribution in [2.24, 2.45) is 0 Å². The molecule has 1 atom stereocenters.